The molecule has 2 heterocycles. The van der Waals surface area contributed by atoms with Crippen molar-refractivity contribution >= 4 is 27.8 Å². The first-order valence-corrected chi connectivity index (χ1v) is 9.04. The van der Waals surface area contributed by atoms with Gasteiger partial charge in [-0.3, -0.25) is 4.40 Å². The molecule has 2 aromatic heterocycles. The zero-order valence-electron chi connectivity index (χ0n) is 14.6. The summed E-state index contributed by atoms with van der Waals surface area (Å²) in [6.07, 6.45) is 0. The fourth-order valence-electron chi connectivity index (χ4n) is 3.04. The van der Waals surface area contributed by atoms with Gasteiger partial charge in [-0.15, -0.1) is 11.3 Å². The van der Waals surface area contributed by atoms with Crippen molar-refractivity contribution < 1.29 is 8.78 Å². The van der Waals surface area contributed by atoms with Crippen molar-refractivity contribution in [2.45, 2.75) is 20.8 Å². The fraction of sp³-hybridized carbons (Fsp3) is 0.150. The Bertz CT molecular complexity index is 1090. The van der Waals surface area contributed by atoms with Crippen molar-refractivity contribution in [3.63, 3.8) is 0 Å². The van der Waals surface area contributed by atoms with E-state index in [0.717, 1.165) is 21.1 Å². The van der Waals surface area contributed by atoms with Gasteiger partial charge in [0, 0.05) is 21.8 Å². The highest BCUT2D eigenvalue weighted by molar-refractivity contribution is 7.17. The summed E-state index contributed by atoms with van der Waals surface area (Å²) in [7, 11) is 0. The number of aromatic nitrogens is 2. The standard InChI is InChI=1S/C20H17F2N3S/c1-11-5-4-6-16(22)17(11)18-19(23-15-9-7-14(21)8-10-15)25-12(2)13(3)26-20(25)24-18/h4-10,23H,1-3H3. The number of halogens is 2. The van der Waals surface area contributed by atoms with Gasteiger partial charge in [-0.2, -0.15) is 0 Å². The van der Waals surface area contributed by atoms with E-state index in [0.29, 0.717) is 22.8 Å². The van der Waals surface area contributed by atoms with Crippen LogP contribution in [0.15, 0.2) is 42.5 Å². The second-order valence-electron chi connectivity index (χ2n) is 6.23. The molecular weight excluding hydrogens is 352 g/mol. The maximum atomic E-state index is 14.6. The first kappa shape index (κ1) is 16.7. The van der Waals surface area contributed by atoms with Gasteiger partial charge >= 0.3 is 0 Å². The van der Waals surface area contributed by atoms with Crippen molar-refractivity contribution in [1.82, 2.24) is 9.38 Å². The molecule has 0 unspecified atom stereocenters. The fourth-order valence-corrected chi connectivity index (χ4v) is 4.01. The maximum Gasteiger partial charge on any atom is 0.196 e. The van der Waals surface area contributed by atoms with Crippen LogP contribution >= 0.6 is 11.3 Å². The number of thiazole rings is 1. The number of imidazole rings is 1. The molecule has 0 bridgehead atoms. The van der Waals surface area contributed by atoms with Gasteiger partial charge in [0.05, 0.1) is 0 Å². The van der Waals surface area contributed by atoms with E-state index in [-0.39, 0.29) is 11.6 Å². The molecule has 0 radical (unpaired) electrons. The van der Waals surface area contributed by atoms with Crippen molar-refractivity contribution in [1.29, 1.82) is 0 Å². The van der Waals surface area contributed by atoms with Crippen molar-refractivity contribution in [2.75, 3.05) is 5.32 Å². The molecule has 0 aliphatic carbocycles. The van der Waals surface area contributed by atoms with E-state index in [1.807, 2.05) is 31.2 Å². The summed E-state index contributed by atoms with van der Waals surface area (Å²) in [5, 5.41) is 3.30. The molecule has 4 rings (SSSR count). The lowest BCUT2D eigenvalue weighted by Gasteiger charge is -2.11. The second kappa shape index (κ2) is 6.21. The van der Waals surface area contributed by atoms with Gasteiger partial charge in [-0.1, -0.05) is 12.1 Å². The predicted octanol–water partition coefficient (Wildman–Crippen LogP) is 6.01. The molecule has 0 spiro atoms. The van der Waals surface area contributed by atoms with E-state index in [1.54, 1.807) is 29.5 Å². The SMILES string of the molecule is Cc1cccc(F)c1-c1nc2sc(C)c(C)n2c1Nc1ccc(F)cc1. The first-order valence-electron chi connectivity index (χ1n) is 8.22. The normalized spacial score (nSPS) is 11.3. The van der Waals surface area contributed by atoms with Gasteiger partial charge < -0.3 is 5.32 Å². The van der Waals surface area contributed by atoms with Crippen LogP contribution in [0.1, 0.15) is 16.1 Å². The van der Waals surface area contributed by atoms with Crippen LogP contribution in [0.5, 0.6) is 0 Å². The largest absolute Gasteiger partial charge is 0.339 e. The molecule has 4 aromatic rings. The molecule has 1 N–H and O–H groups in total. The van der Waals surface area contributed by atoms with Gasteiger partial charge in [0.15, 0.2) is 4.96 Å². The zero-order chi connectivity index (χ0) is 18.4. The zero-order valence-corrected chi connectivity index (χ0v) is 15.4. The molecule has 0 atom stereocenters. The number of hydrogen-bond acceptors (Lipinski definition) is 3. The molecule has 132 valence electrons. The number of aryl methyl sites for hydroxylation is 3. The third-order valence-electron chi connectivity index (χ3n) is 4.50. The highest BCUT2D eigenvalue weighted by Crippen LogP contribution is 2.38. The first-order chi connectivity index (χ1) is 12.5. The number of benzene rings is 2. The molecular formula is C20H17F2N3S. The molecule has 0 fully saturated rings. The quantitative estimate of drug-likeness (QED) is 0.479. The lowest BCUT2D eigenvalue weighted by atomic mass is 10.0. The Labute approximate surface area is 153 Å². The molecule has 2 aromatic carbocycles. The molecule has 0 amide bonds. The van der Waals surface area contributed by atoms with Crippen LogP contribution in [0.4, 0.5) is 20.3 Å². The van der Waals surface area contributed by atoms with Crippen molar-refractivity contribution in [3.05, 3.63) is 70.2 Å². The van der Waals surface area contributed by atoms with Crippen LogP contribution in [0.25, 0.3) is 16.2 Å². The third kappa shape index (κ3) is 2.66. The highest BCUT2D eigenvalue weighted by Gasteiger charge is 2.22. The van der Waals surface area contributed by atoms with Gasteiger partial charge in [-0.25, -0.2) is 13.8 Å². The van der Waals surface area contributed by atoms with Crippen LogP contribution < -0.4 is 5.32 Å². The Morgan fingerprint density at radius 2 is 1.73 bits per heavy atom. The number of nitrogens with one attached hydrogen (secondary N) is 1. The van der Waals surface area contributed by atoms with E-state index in [4.69, 9.17) is 4.98 Å². The van der Waals surface area contributed by atoms with E-state index >= 15 is 0 Å². The van der Waals surface area contributed by atoms with E-state index in [9.17, 15) is 8.78 Å². The van der Waals surface area contributed by atoms with E-state index in [1.165, 1.54) is 18.2 Å². The number of anilines is 2. The van der Waals surface area contributed by atoms with Gasteiger partial charge in [0.2, 0.25) is 0 Å². The minimum absolute atomic E-state index is 0.304. The van der Waals surface area contributed by atoms with Gasteiger partial charge in [-0.05, 0) is 56.7 Å². The Hall–Kier alpha value is -2.73. The van der Waals surface area contributed by atoms with Crippen molar-refractivity contribution in [3.8, 4) is 11.3 Å². The number of hydrogen-bond donors (Lipinski definition) is 1. The molecule has 3 nitrogen and oxygen atoms in total. The maximum absolute atomic E-state index is 14.6. The number of fused-ring (bicyclic) bond motifs is 1. The van der Waals surface area contributed by atoms with Gasteiger partial charge in [0.1, 0.15) is 23.1 Å². The van der Waals surface area contributed by atoms with E-state index in [2.05, 4.69) is 5.32 Å². The molecule has 26 heavy (non-hydrogen) atoms. The summed E-state index contributed by atoms with van der Waals surface area (Å²) in [6, 6.07) is 11.1. The highest BCUT2D eigenvalue weighted by atomic mass is 32.1. The summed E-state index contributed by atoms with van der Waals surface area (Å²) >= 11 is 1.56. The summed E-state index contributed by atoms with van der Waals surface area (Å²) in [5.74, 6) is 0.0654. The van der Waals surface area contributed by atoms with Crippen LogP contribution in [0, 0.1) is 32.4 Å². The van der Waals surface area contributed by atoms with Crippen LogP contribution in [0.3, 0.4) is 0 Å². The molecule has 0 aliphatic heterocycles. The Morgan fingerprint density at radius 3 is 2.42 bits per heavy atom. The Morgan fingerprint density at radius 1 is 1.00 bits per heavy atom. The number of rotatable bonds is 3. The Balaban J connectivity index is 1.97. The predicted molar refractivity (Wildman–Crippen MR) is 102 cm³/mol. The smallest absolute Gasteiger partial charge is 0.196 e. The topological polar surface area (TPSA) is 29.3 Å². The third-order valence-corrected chi connectivity index (χ3v) is 5.56. The average Bonchev–Trinajstić information content (AvgIpc) is 3.07. The van der Waals surface area contributed by atoms with Crippen molar-refractivity contribution in [2.24, 2.45) is 0 Å². The molecule has 0 aliphatic rings. The average molecular weight is 369 g/mol. The summed E-state index contributed by atoms with van der Waals surface area (Å²) in [5.41, 5.74) is 3.60. The van der Waals surface area contributed by atoms with E-state index < -0.39 is 0 Å². The minimum Gasteiger partial charge on any atom is -0.339 e. The monoisotopic (exact) mass is 369 g/mol. The van der Waals surface area contributed by atoms with Crippen LogP contribution in [-0.4, -0.2) is 9.38 Å². The molecule has 0 saturated carbocycles. The summed E-state index contributed by atoms with van der Waals surface area (Å²) < 4.78 is 29.8. The Kier molecular flexibility index (Phi) is 4.00. The lowest BCUT2D eigenvalue weighted by molar-refractivity contribution is 0.628. The van der Waals surface area contributed by atoms with Crippen LogP contribution in [-0.2, 0) is 0 Å². The molecule has 6 heteroatoms. The summed E-state index contributed by atoms with van der Waals surface area (Å²) in [6.45, 7) is 5.91. The molecule has 0 saturated heterocycles. The minimum atomic E-state index is -0.313. The lowest BCUT2D eigenvalue weighted by Crippen LogP contribution is -2.00. The van der Waals surface area contributed by atoms with Crippen LogP contribution in [0.2, 0.25) is 0 Å². The summed E-state index contributed by atoms with van der Waals surface area (Å²) in [4.78, 5) is 6.64. The number of nitrogens with zero attached hydrogens (tertiary/aromatic N) is 2. The second-order valence-corrected chi connectivity index (χ2v) is 7.42. The van der Waals surface area contributed by atoms with Gasteiger partial charge in [0.25, 0.3) is 0 Å².